The van der Waals surface area contributed by atoms with Gasteiger partial charge in [-0.2, -0.15) is 5.10 Å². The molecule has 0 aliphatic carbocycles. The van der Waals surface area contributed by atoms with Gasteiger partial charge in [0.05, 0.1) is 18.0 Å². The highest BCUT2D eigenvalue weighted by atomic mass is 32.2. The molecule has 1 aromatic carbocycles. The van der Waals surface area contributed by atoms with E-state index in [4.69, 9.17) is 4.74 Å². The lowest BCUT2D eigenvalue weighted by atomic mass is 10.2. The molecule has 0 bridgehead atoms. The first-order valence-electron chi connectivity index (χ1n) is 8.11. The van der Waals surface area contributed by atoms with Crippen molar-refractivity contribution in [3.8, 4) is 5.69 Å². The zero-order chi connectivity index (χ0) is 19.2. The van der Waals surface area contributed by atoms with Gasteiger partial charge in [-0.3, -0.25) is 14.9 Å². The molecule has 0 aliphatic rings. The summed E-state index contributed by atoms with van der Waals surface area (Å²) < 4.78 is 7.23. The van der Waals surface area contributed by atoms with Crippen molar-refractivity contribution >= 4 is 40.1 Å². The molecule has 0 saturated carbocycles. The highest BCUT2D eigenvalue weighted by molar-refractivity contribution is 8.01. The Balaban J connectivity index is 1.59. The second kappa shape index (κ2) is 8.78. The molecule has 0 fully saturated rings. The van der Waals surface area contributed by atoms with Crippen molar-refractivity contribution in [2.24, 2.45) is 0 Å². The number of hydrogen-bond acceptors (Lipinski definition) is 8. The van der Waals surface area contributed by atoms with Gasteiger partial charge in [-0.1, -0.05) is 23.1 Å². The largest absolute Gasteiger partial charge is 0.465 e. The second-order valence-corrected chi connectivity index (χ2v) is 7.55. The quantitative estimate of drug-likeness (QED) is 0.368. The Labute approximate surface area is 164 Å². The maximum Gasteiger partial charge on any atom is 0.316 e. The van der Waals surface area contributed by atoms with Crippen molar-refractivity contribution in [3.05, 3.63) is 47.8 Å². The smallest absolute Gasteiger partial charge is 0.316 e. The van der Waals surface area contributed by atoms with Crippen LogP contribution < -0.4 is 5.32 Å². The molecule has 0 radical (unpaired) electrons. The van der Waals surface area contributed by atoms with Crippen molar-refractivity contribution in [2.75, 3.05) is 17.7 Å². The van der Waals surface area contributed by atoms with Crippen LogP contribution in [-0.2, 0) is 9.53 Å². The topological polar surface area (TPSA) is 99.0 Å². The highest BCUT2D eigenvalue weighted by Crippen LogP contribution is 2.26. The van der Waals surface area contributed by atoms with E-state index in [1.807, 2.05) is 25.1 Å². The van der Waals surface area contributed by atoms with Crippen LogP contribution in [-0.4, -0.2) is 44.2 Å². The van der Waals surface area contributed by atoms with Gasteiger partial charge < -0.3 is 4.74 Å². The van der Waals surface area contributed by atoms with E-state index in [2.05, 4.69) is 20.6 Å². The van der Waals surface area contributed by atoms with Gasteiger partial charge in [0, 0.05) is 17.5 Å². The number of amides is 1. The van der Waals surface area contributed by atoms with Gasteiger partial charge >= 0.3 is 5.97 Å². The van der Waals surface area contributed by atoms with Gasteiger partial charge in [0.25, 0.3) is 5.91 Å². The molecule has 140 valence electrons. The summed E-state index contributed by atoms with van der Waals surface area (Å²) in [5.41, 5.74) is 2.39. The first-order valence-corrected chi connectivity index (χ1v) is 9.91. The molecule has 0 aliphatic heterocycles. The monoisotopic (exact) mass is 403 g/mol. The van der Waals surface area contributed by atoms with Crippen LogP contribution in [0, 0.1) is 6.92 Å². The lowest BCUT2D eigenvalue weighted by Gasteiger charge is -2.06. The third kappa shape index (κ3) is 4.92. The summed E-state index contributed by atoms with van der Waals surface area (Å²) in [4.78, 5) is 23.7. The van der Waals surface area contributed by atoms with E-state index in [0.717, 1.165) is 11.4 Å². The summed E-state index contributed by atoms with van der Waals surface area (Å²) in [5, 5.41) is 15.2. The molecule has 1 amide bonds. The van der Waals surface area contributed by atoms with Crippen molar-refractivity contribution in [3.63, 3.8) is 0 Å². The molecule has 0 atom stereocenters. The van der Waals surface area contributed by atoms with Crippen LogP contribution in [0.3, 0.4) is 0 Å². The molecule has 0 unspecified atom stereocenters. The summed E-state index contributed by atoms with van der Waals surface area (Å²) in [5.74, 6) is -0.433. The Kier molecular flexibility index (Phi) is 6.20. The number of ether oxygens (including phenoxy) is 1. The number of benzene rings is 1. The number of nitrogens with one attached hydrogen (secondary N) is 1. The molecule has 0 spiro atoms. The third-order valence-electron chi connectivity index (χ3n) is 3.45. The Morgan fingerprint density at radius 3 is 2.67 bits per heavy atom. The molecule has 0 saturated heterocycles. The Morgan fingerprint density at radius 2 is 2.00 bits per heavy atom. The molecule has 1 N–H and O–H groups in total. The van der Waals surface area contributed by atoms with Crippen LogP contribution >= 0.6 is 23.1 Å². The molecular weight excluding hydrogens is 386 g/mol. The summed E-state index contributed by atoms with van der Waals surface area (Å²) in [6.07, 6.45) is 1.73. The van der Waals surface area contributed by atoms with Crippen molar-refractivity contribution in [1.82, 2.24) is 20.0 Å². The summed E-state index contributed by atoms with van der Waals surface area (Å²) in [6.45, 7) is 4.06. The average Bonchev–Trinajstić information content (AvgIpc) is 3.29. The lowest BCUT2D eigenvalue weighted by Crippen LogP contribution is -2.11. The van der Waals surface area contributed by atoms with Crippen LogP contribution in [0.2, 0.25) is 0 Å². The van der Waals surface area contributed by atoms with Gasteiger partial charge in [-0.15, -0.1) is 10.2 Å². The Bertz CT molecular complexity index is 936. The maximum atomic E-state index is 12.4. The van der Waals surface area contributed by atoms with Crippen LogP contribution in [0.25, 0.3) is 5.69 Å². The molecule has 27 heavy (non-hydrogen) atoms. The van der Waals surface area contributed by atoms with Gasteiger partial charge in [0.2, 0.25) is 5.13 Å². The summed E-state index contributed by atoms with van der Waals surface area (Å²) >= 11 is 2.43. The number of thioether (sulfide) groups is 1. The number of anilines is 1. The number of esters is 1. The van der Waals surface area contributed by atoms with Crippen LogP contribution in [0.4, 0.5) is 5.13 Å². The minimum Gasteiger partial charge on any atom is -0.465 e. The Hall–Kier alpha value is -2.72. The summed E-state index contributed by atoms with van der Waals surface area (Å²) in [7, 11) is 0. The normalized spacial score (nSPS) is 10.6. The fourth-order valence-electron chi connectivity index (χ4n) is 2.21. The number of nitrogens with zero attached hydrogens (tertiary/aromatic N) is 4. The van der Waals surface area contributed by atoms with Crippen molar-refractivity contribution < 1.29 is 14.3 Å². The van der Waals surface area contributed by atoms with Crippen LogP contribution in [0.5, 0.6) is 0 Å². The molecule has 2 heterocycles. The number of carbonyl (C=O) groups excluding carboxylic acids is 2. The number of aromatic nitrogens is 4. The van der Waals surface area contributed by atoms with E-state index in [1.165, 1.54) is 23.1 Å². The molecule has 3 rings (SSSR count). The molecule has 8 nitrogen and oxygen atoms in total. The summed E-state index contributed by atoms with van der Waals surface area (Å²) in [6, 6.07) is 9.02. The lowest BCUT2D eigenvalue weighted by molar-refractivity contribution is -0.139. The Morgan fingerprint density at radius 1 is 1.22 bits per heavy atom. The van der Waals surface area contributed by atoms with Crippen LogP contribution in [0.1, 0.15) is 23.0 Å². The molecular formula is C17H17N5O3S2. The number of aryl methyl sites for hydroxylation is 1. The van der Waals surface area contributed by atoms with E-state index in [9.17, 15) is 9.59 Å². The van der Waals surface area contributed by atoms with E-state index < -0.39 is 0 Å². The minimum absolute atomic E-state index is 0.157. The van der Waals surface area contributed by atoms with Crippen molar-refractivity contribution in [2.45, 2.75) is 18.2 Å². The van der Waals surface area contributed by atoms with E-state index in [-0.39, 0.29) is 17.6 Å². The maximum absolute atomic E-state index is 12.4. The van der Waals surface area contributed by atoms with E-state index in [0.29, 0.717) is 21.6 Å². The second-order valence-electron chi connectivity index (χ2n) is 5.35. The van der Waals surface area contributed by atoms with Gasteiger partial charge in [0.15, 0.2) is 4.34 Å². The fraction of sp³-hybridized carbons (Fsp3) is 0.235. The van der Waals surface area contributed by atoms with E-state index in [1.54, 1.807) is 29.9 Å². The zero-order valence-electron chi connectivity index (χ0n) is 14.7. The fourth-order valence-corrected chi connectivity index (χ4v) is 3.75. The van der Waals surface area contributed by atoms with E-state index >= 15 is 0 Å². The minimum atomic E-state index is -0.309. The van der Waals surface area contributed by atoms with Crippen LogP contribution in [0.15, 0.2) is 40.9 Å². The molecule has 2 aromatic heterocycles. The first-order chi connectivity index (χ1) is 13.1. The number of rotatable bonds is 7. The standard InChI is InChI=1S/C17H17N5O3S2/c1-3-25-14(23)10-26-17-21-20-16(27-17)19-15(24)12-4-6-13(7-5-12)22-11(2)8-9-18-22/h4-9H,3,10H2,1-2H3,(H,19,20,24). The highest BCUT2D eigenvalue weighted by Gasteiger charge is 2.12. The molecule has 10 heteroatoms. The van der Waals surface area contributed by atoms with Gasteiger partial charge in [-0.05, 0) is 44.2 Å². The van der Waals surface area contributed by atoms with Gasteiger partial charge in [0.1, 0.15) is 0 Å². The number of hydrogen-bond donors (Lipinski definition) is 1. The first kappa shape index (κ1) is 19.1. The SMILES string of the molecule is CCOC(=O)CSc1nnc(NC(=O)c2ccc(-n3nccc3C)cc2)s1. The van der Waals surface area contributed by atoms with Crippen molar-refractivity contribution in [1.29, 1.82) is 0 Å². The third-order valence-corrected chi connectivity index (χ3v) is 5.40. The average molecular weight is 403 g/mol. The predicted octanol–water partition coefficient (Wildman–Crippen LogP) is 2.94. The predicted molar refractivity (Wildman–Crippen MR) is 104 cm³/mol. The van der Waals surface area contributed by atoms with Gasteiger partial charge in [-0.25, -0.2) is 4.68 Å². The zero-order valence-corrected chi connectivity index (χ0v) is 16.3. The molecule has 3 aromatic rings. The number of carbonyl (C=O) groups is 2.